The van der Waals surface area contributed by atoms with Crippen molar-refractivity contribution in [3.8, 4) is 11.8 Å². The molecule has 0 fully saturated rings. The third kappa shape index (κ3) is 4.68. The Morgan fingerprint density at radius 3 is 2.77 bits per heavy atom. The van der Waals surface area contributed by atoms with Gasteiger partial charge in [0.15, 0.2) is 0 Å². The molecule has 2 heterocycles. The van der Waals surface area contributed by atoms with Gasteiger partial charge in [0.25, 0.3) is 0 Å². The highest BCUT2D eigenvalue weighted by molar-refractivity contribution is 7.16. The molecule has 1 aliphatic rings. The van der Waals surface area contributed by atoms with Crippen LogP contribution in [0.15, 0.2) is 36.9 Å². The van der Waals surface area contributed by atoms with Gasteiger partial charge in [0.1, 0.15) is 23.7 Å². The molecule has 160 valence electrons. The summed E-state index contributed by atoms with van der Waals surface area (Å²) in [5.41, 5.74) is 3.86. The number of carbonyl (C=O) groups is 1. The SMILES string of the molecule is CC(c1ccc(-n2cncn2)cc1)N(C)CC(=O)Nc1sc2c(c1C#N)CCCCC2. The number of hydrogen-bond donors (Lipinski definition) is 1. The lowest BCUT2D eigenvalue weighted by Crippen LogP contribution is -2.32. The van der Waals surface area contributed by atoms with Crippen LogP contribution in [0.1, 0.15) is 53.8 Å². The van der Waals surface area contributed by atoms with Gasteiger partial charge in [-0.3, -0.25) is 9.69 Å². The highest BCUT2D eigenvalue weighted by atomic mass is 32.1. The maximum Gasteiger partial charge on any atom is 0.239 e. The fourth-order valence-corrected chi connectivity index (χ4v) is 5.24. The number of rotatable bonds is 6. The number of carbonyl (C=O) groups excluding carboxylic acids is 1. The third-order valence-electron chi connectivity index (χ3n) is 5.90. The van der Waals surface area contributed by atoms with Crippen LogP contribution in [0.2, 0.25) is 0 Å². The van der Waals surface area contributed by atoms with Crippen molar-refractivity contribution >= 4 is 22.2 Å². The van der Waals surface area contributed by atoms with Crippen LogP contribution >= 0.6 is 11.3 Å². The molecular formula is C23H26N6OS. The molecule has 1 atom stereocenters. The van der Waals surface area contributed by atoms with Crippen molar-refractivity contribution in [1.82, 2.24) is 19.7 Å². The second-order valence-corrected chi connectivity index (χ2v) is 9.06. The average molecular weight is 435 g/mol. The summed E-state index contributed by atoms with van der Waals surface area (Å²) in [5, 5.41) is 17.5. The number of hydrogen-bond acceptors (Lipinski definition) is 6. The molecule has 1 aliphatic carbocycles. The first kappa shape index (κ1) is 21.2. The number of likely N-dealkylation sites (N-methyl/N-ethyl adjacent to an activating group) is 1. The van der Waals surface area contributed by atoms with Gasteiger partial charge in [0.05, 0.1) is 17.8 Å². The molecule has 1 unspecified atom stereocenters. The molecule has 7 nitrogen and oxygen atoms in total. The predicted octanol–water partition coefficient (Wildman–Crippen LogP) is 4.10. The topological polar surface area (TPSA) is 86.8 Å². The van der Waals surface area contributed by atoms with E-state index in [-0.39, 0.29) is 18.5 Å². The van der Waals surface area contributed by atoms with Gasteiger partial charge >= 0.3 is 0 Å². The highest BCUT2D eigenvalue weighted by Crippen LogP contribution is 2.37. The van der Waals surface area contributed by atoms with Gasteiger partial charge in [0.2, 0.25) is 5.91 Å². The van der Waals surface area contributed by atoms with Crippen LogP contribution in [0.3, 0.4) is 0 Å². The van der Waals surface area contributed by atoms with E-state index in [0.717, 1.165) is 42.5 Å². The van der Waals surface area contributed by atoms with Crippen molar-refractivity contribution < 1.29 is 4.79 Å². The lowest BCUT2D eigenvalue weighted by molar-refractivity contribution is -0.117. The number of nitrogens with zero attached hydrogens (tertiary/aromatic N) is 5. The predicted molar refractivity (Wildman–Crippen MR) is 121 cm³/mol. The summed E-state index contributed by atoms with van der Waals surface area (Å²) in [7, 11) is 1.93. The fourth-order valence-electron chi connectivity index (χ4n) is 3.98. The van der Waals surface area contributed by atoms with E-state index in [1.165, 1.54) is 17.6 Å². The van der Waals surface area contributed by atoms with E-state index in [0.29, 0.717) is 10.6 Å². The number of nitrogens with one attached hydrogen (secondary N) is 1. The van der Waals surface area contributed by atoms with Gasteiger partial charge in [0, 0.05) is 10.9 Å². The van der Waals surface area contributed by atoms with Crippen molar-refractivity contribution in [3.63, 3.8) is 0 Å². The minimum absolute atomic E-state index is 0.0611. The number of anilines is 1. The van der Waals surface area contributed by atoms with E-state index in [1.54, 1.807) is 22.3 Å². The van der Waals surface area contributed by atoms with E-state index in [2.05, 4.69) is 28.4 Å². The van der Waals surface area contributed by atoms with E-state index < -0.39 is 0 Å². The average Bonchev–Trinajstić information content (AvgIpc) is 3.36. The lowest BCUT2D eigenvalue weighted by Gasteiger charge is -2.24. The highest BCUT2D eigenvalue weighted by Gasteiger charge is 2.22. The number of fused-ring (bicyclic) bond motifs is 1. The summed E-state index contributed by atoms with van der Waals surface area (Å²) < 4.78 is 1.71. The number of aryl methyl sites for hydroxylation is 1. The number of aromatic nitrogens is 3. The van der Waals surface area contributed by atoms with Crippen LogP contribution < -0.4 is 5.32 Å². The molecule has 0 radical (unpaired) electrons. The van der Waals surface area contributed by atoms with Crippen LogP contribution in [0.25, 0.3) is 5.69 Å². The Kier molecular flexibility index (Phi) is 6.44. The maximum atomic E-state index is 12.7. The second-order valence-electron chi connectivity index (χ2n) is 7.95. The lowest BCUT2D eigenvalue weighted by atomic mass is 10.1. The monoisotopic (exact) mass is 434 g/mol. The number of amides is 1. The van der Waals surface area contributed by atoms with E-state index in [4.69, 9.17) is 0 Å². The summed E-state index contributed by atoms with van der Waals surface area (Å²) >= 11 is 1.57. The van der Waals surface area contributed by atoms with Crippen LogP contribution in [0.5, 0.6) is 0 Å². The van der Waals surface area contributed by atoms with E-state index in [1.807, 2.05) is 36.2 Å². The standard InChI is InChI=1S/C23H26N6OS/c1-16(17-8-10-18(11-9-17)29-15-25-14-26-29)28(2)13-22(30)27-23-20(12-24)19-6-4-3-5-7-21(19)31-23/h8-11,14-16H,3-7,13H2,1-2H3,(H,27,30). The molecule has 0 aliphatic heterocycles. The molecule has 2 aromatic heterocycles. The van der Waals surface area contributed by atoms with Crippen LogP contribution in [-0.4, -0.2) is 39.2 Å². The van der Waals surface area contributed by atoms with Gasteiger partial charge in [-0.2, -0.15) is 10.4 Å². The number of nitriles is 1. The molecule has 0 saturated heterocycles. The normalized spacial score (nSPS) is 14.5. The molecule has 1 amide bonds. The third-order valence-corrected chi connectivity index (χ3v) is 7.11. The van der Waals surface area contributed by atoms with Gasteiger partial charge in [-0.1, -0.05) is 18.6 Å². The second kappa shape index (κ2) is 9.41. The molecule has 0 spiro atoms. The smallest absolute Gasteiger partial charge is 0.239 e. The first-order chi connectivity index (χ1) is 15.1. The van der Waals surface area contributed by atoms with Crippen molar-refractivity contribution in [3.05, 3.63) is 58.5 Å². The van der Waals surface area contributed by atoms with Gasteiger partial charge in [-0.05, 0) is 62.9 Å². The van der Waals surface area contributed by atoms with Crippen LogP contribution in [0.4, 0.5) is 5.00 Å². The fraction of sp³-hybridized carbons (Fsp3) is 0.391. The quantitative estimate of drug-likeness (QED) is 0.590. The van der Waals surface area contributed by atoms with E-state index >= 15 is 0 Å². The van der Waals surface area contributed by atoms with Gasteiger partial charge < -0.3 is 5.32 Å². The van der Waals surface area contributed by atoms with Crippen molar-refractivity contribution in [1.29, 1.82) is 5.26 Å². The molecule has 8 heteroatoms. The van der Waals surface area contributed by atoms with Crippen LogP contribution in [0, 0.1) is 11.3 Å². The first-order valence-electron chi connectivity index (χ1n) is 10.6. The van der Waals surface area contributed by atoms with Crippen molar-refractivity contribution in [2.45, 2.75) is 45.1 Å². The number of benzene rings is 1. The summed E-state index contributed by atoms with van der Waals surface area (Å²) in [6.45, 7) is 2.32. The molecule has 1 N–H and O–H groups in total. The Labute approximate surface area is 186 Å². The molecular weight excluding hydrogens is 408 g/mol. The molecule has 4 rings (SSSR count). The van der Waals surface area contributed by atoms with Crippen molar-refractivity contribution in [2.75, 3.05) is 18.9 Å². The Morgan fingerprint density at radius 2 is 2.06 bits per heavy atom. The summed E-state index contributed by atoms with van der Waals surface area (Å²) in [6, 6.07) is 10.5. The zero-order chi connectivity index (χ0) is 21.8. The Balaban J connectivity index is 1.40. The Hall–Kier alpha value is -3.02. The minimum Gasteiger partial charge on any atom is -0.315 e. The molecule has 3 aromatic rings. The van der Waals surface area contributed by atoms with E-state index in [9.17, 15) is 10.1 Å². The van der Waals surface area contributed by atoms with Gasteiger partial charge in [-0.25, -0.2) is 9.67 Å². The largest absolute Gasteiger partial charge is 0.315 e. The molecule has 0 saturated carbocycles. The molecule has 31 heavy (non-hydrogen) atoms. The molecule has 1 aromatic carbocycles. The summed E-state index contributed by atoms with van der Waals surface area (Å²) in [6.07, 6.45) is 8.58. The van der Waals surface area contributed by atoms with Crippen molar-refractivity contribution in [2.24, 2.45) is 0 Å². The van der Waals surface area contributed by atoms with Gasteiger partial charge in [-0.15, -0.1) is 11.3 Å². The Morgan fingerprint density at radius 1 is 1.29 bits per heavy atom. The summed E-state index contributed by atoms with van der Waals surface area (Å²) in [5.74, 6) is -0.0958. The molecule has 0 bridgehead atoms. The zero-order valence-electron chi connectivity index (χ0n) is 17.8. The number of thiophene rings is 1. The van der Waals surface area contributed by atoms with Crippen LogP contribution in [-0.2, 0) is 17.6 Å². The minimum atomic E-state index is -0.0958. The zero-order valence-corrected chi connectivity index (χ0v) is 18.7. The summed E-state index contributed by atoms with van der Waals surface area (Å²) in [4.78, 5) is 20.0. The maximum absolute atomic E-state index is 12.7. The Bertz CT molecular complexity index is 1080. The first-order valence-corrected chi connectivity index (χ1v) is 11.4.